The number of hydrazone groups is 1. The van der Waals surface area contributed by atoms with E-state index in [2.05, 4.69) is 10.5 Å². The molecule has 1 aromatic carbocycles. The Labute approximate surface area is 119 Å². The van der Waals surface area contributed by atoms with E-state index in [0.29, 0.717) is 16.3 Å². The molecule has 0 atom stereocenters. The Morgan fingerprint density at radius 1 is 1.37 bits per heavy atom. The van der Waals surface area contributed by atoms with Crippen LogP contribution in [0, 0.1) is 0 Å². The molecular formula is C13H11ClN2O2S. The third kappa shape index (κ3) is 3.56. The van der Waals surface area contributed by atoms with E-state index in [0.717, 1.165) is 5.56 Å². The number of methoxy groups -OCH3 is 1. The van der Waals surface area contributed by atoms with Crippen molar-refractivity contribution in [3.63, 3.8) is 0 Å². The third-order valence-electron chi connectivity index (χ3n) is 2.34. The highest BCUT2D eigenvalue weighted by Crippen LogP contribution is 2.22. The van der Waals surface area contributed by atoms with Crippen LogP contribution in [0.15, 0.2) is 40.1 Å². The lowest BCUT2D eigenvalue weighted by atomic mass is 10.2. The quantitative estimate of drug-likeness (QED) is 0.695. The topological polar surface area (TPSA) is 50.7 Å². The monoisotopic (exact) mass is 294 g/mol. The lowest BCUT2D eigenvalue weighted by Crippen LogP contribution is -2.17. The van der Waals surface area contributed by atoms with Gasteiger partial charge in [-0.05, 0) is 17.7 Å². The molecule has 0 aliphatic heterocycles. The van der Waals surface area contributed by atoms with Crippen molar-refractivity contribution in [3.05, 3.63) is 51.2 Å². The summed E-state index contributed by atoms with van der Waals surface area (Å²) < 4.78 is 5.07. The van der Waals surface area contributed by atoms with E-state index in [1.807, 2.05) is 12.1 Å². The summed E-state index contributed by atoms with van der Waals surface area (Å²) in [6.07, 6.45) is 1.55. The van der Waals surface area contributed by atoms with Crippen LogP contribution in [0.3, 0.4) is 0 Å². The van der Waals surface area contributed by atoms with Crippen molar-refractivity contribution in [2.24, 2.45) is 5.10 Å². The number of hydrogen-bond donors (Lipinski definition) is 1. The minimum Gasteiger partial charge on any atom is -0.495 e. The molecule has 4 nitrogen and oxygen atoms in total. The smallest absolute Gasteiger partial charge is 0.275 e. The number of benzene rings is 1. The van der Waals surface area contributed by atoms with Gasteiger partial charge in [-0.25, -0.2) is 5.43 Å². The van der Waals surface area contributed by atoms with Gasteiger partial charge in [0.25, 0.3) is 5.91 Å². The summed E-state index contributed by atoms with van der Waals surface area (Å²) in [7, 11) is 1.52. The van der Waals surface area contributed by atoms with Crippen LogP contribution in [0.2, 0.25) is 5.02 Å². The van der Waals surface area contributed by atoms with Gasteiger partial charge in [0.1, 0.15) is 5.75 Å². The van der Waals surface area contributed by atoms with Crippen LogP contribution in [0.5, 0.6) is 5.75 Å². The minimum absolute atomic E-state index is 0.302. The minimum atomic E-state index is -0.302. The maximum Gasteiger partial charge on any atom is 0.275 e. The first kappa shape index (κ1) is 13.6. The molecule has 2 aromatic rings. The molecule has 0 fully saturated rings. The molecule has 2 rings (SSSR count). The molecular weight excluding hydrogens is 284 g/mol. The number of hydrogen-bond acceptors (Lipinski definition) is 4. The van der Waals surface area contributed by atoms with Crippen LogP contribution in [-0.4, -0.2) is 19.2 Å². The van der Waals surface area contributed by atoms with Crippen molar-refractivity contribution in [2.45, 2.75) is 0 Å². The highest BCUT2D eigenvalue weighted by Gasteiger charge is 2.11. The van der Waals surface area contributed by atoms with Crippen molar-refractivity contribution in [1.82, 2.24) is 5.43 Å². The first-order valence-corrected chi connectivity index (χ1v) is 6.72. The van der Waals surface area contributed by atoms with Gasteiger partial charge in [-0.2, -0.15) is 5.10 Å². The molecule has 1 N–H and O–H groups in total. The number of nitrogens with zero attached hydrogens (tertiary/aromatic N) is 1. The van der Waals surface area contributed by atoms with E-state index >= 15 is 0 Å². The molecule has 98 valence electrons. The predicted molar refractivity (Wildman–Crippen MR) is 77.4 cm³/mol. The first-order valence-electron chi connectivity index (χ1n) is 5.40. The second-order valence-electron chi connectivity index (χ2n) is 3.60. The van der Waals surface area contributed by atoms with Crippen LogP contribution < -0.4 is 10.2 Å². The second kappa shape index (κ2) is 6.36. The summed E-state index contributed by atoms with van der Waals surface area (Å²) in [5.41, 5.74) is 3.77. The molecule has 19 heavy (non-hydrogen) atoms. The zero-order valence-electron chi connectivity index (χ0n) is 10.1. The number of carbonyl (C=O) groups excluding carboxylic acids is 1. The maximum atomic E-state index is 11.8. The lowest BCUT2D eigenvalue weighted by molar-refractivity contribution is 0.0952. The van der Waals surface area contributed by atoms with E-state index in [4.69, 9.17) is 16.3 Å². The Morgan fingerprint density at radius 3 is 2.79 bits per heavy atom. The van der Waals surface area contributed by atoms with E-state index in [1.165, 1.54) is 18.4 Å². The largest absolute Gasteiger partial charge is 0.495 e. The summed E-state index contributed by atoms with van der Waals surface area (Å²) >= 11 is 7.17. The van der Waals surface area contributed by atoms with Crippen molar-refractivity contribution < 1.29 is 9.53 Å². The zero-order chi connectivity index (χ0) is 13.7. The number of carbonyl (C=O) groups is 1. The second-order valence-corrected chi connectivity index (χ2v) is 4.78. The number of nitrogens with one attached hydrogen (secondary N) is 1. The van der Waals surface area contributed by atoms with Gasteiger partial charge in [0, 0.05) is 15.8 Å². The van der Waals surface area contributed by atoms with E-state index in [1.54, 1.807) is 29.1 Å². The van der Waals surface area contributed by atoms with Gasteiger partial charge in [-0.15, -0.1) is 11.3 Å². The molecule has 0 spiro atoms. The highest BCUT2D eigenvalue weighted by molar-refractivity contribution is 7.08. The Morgan fingerprint density at radius 2 is 2.11 bits per heavy atom. The van der Waals surface area contributed by atoms with Gasteiger partial charge in [0.2, 0.25) is 0 Å². The normalized spacial score (nSPS) is 10.6. The standard InChI is InChI=1S/C13H11ClN2O2S/c1-18-12-8-19-7-11(12)13(17)16-15-6-9-2-4-10(14)5-3-9/h2-8H,1H3,(H,16,17)/b15-6-. The Hall–Kier alpha value is -1.85. The average Bonchev–Trinajstić information content (AvgIpc) is 2.89. The Kier molecular flexibility index (Phi) is 4.54. The van der Waals surface area contributed by atoms with Crippen LogP contribution in [0.1, 0.15) is 15.9 Å². The summed E-state index contributed by atoms with van der Waals surface area (Å²) in [5, 5.41) is 8.02. The van der Waals surface area contributed by atoms with Crippen LogP contribution >= 0.6 is 22.9 Å². The van der Waals surface area contributed by atoms with Crippen molar-refractivity contribution >= 4 is 35.1 Å². The van der Waals surface area contributed by atoms with Gasteiger partial charge in [-0.1, -0.05) is 23.7 Å². The number of thiophene rings is 1. The maximum absolute atomic E-state index is 11.8. The van der Waals surface area contributed by atoms with Crippen LogP contribution in [0.4, 0.5) is 0 Å². The molecule has 6 heteroatoms. The van der Waals surface area contributed by atoms with E-state index < -0.39 is 0 Å². The first-order chi connectivity index (χ1) is 9.20. The molecule has 1 heterocycles. The lowest BCUT2D eigenvalue weighted by Gasteiger charge is -2.00. The van der Waals surface area contributed by atoms with Gasteiger partial charge in [-0.3, -0.25) is 4.79 Å². The molecule has 0 radical (unpaired) electrons. The van der Waals surface area contributed by atoms with E-state index in [9.17, 15) is 4.79 Å². The fraction of sp³-hybridized carbons (Fsp3) is 0.0769. The molecule has 0 aliphatic carbocycles. The van der Waals surface area contributed by atoms with Gasteiger partial charge >= 0.3 is 0 Å². The SMILES string of the molecule is COc1cscc1C(=O)N/N=C\c1ccc(Cl)cc1. The Balaban J connectivity index is 1.99. The summed E-state index contributed by atoms with van der Waals surface area (Å²) in [6.45, 7) is 0. The van der Waals surface area contributed by atoms with Gasteiger partial charge < -0.3 is 4.74 Å². The predicted octanol–water partition coefficient (Wildman–Crippen LogP) is 3.17. The zero-order valence-corrected chi connectivity index (χ0v) is 11.7. The average molecular weight is 295 g/mol. The van der Waals surface area contributed by atoms with Crippen molar-refractivity contribution in [1.29, 1.82) is 0 Å². The third-order valence-corrected chi connectivity index (χ3v) is 3.31. The van der Waals surface area contributed by atoms with Crippen molar-refractivity contribution in [3.8, 4) is 5.75 Å². The molecule has 0 unspecified atom stereocenters. The van der Waals surface area contributed by atoms with Gasteiger partial charge in [0.15, 0.2) is 0 Å². The summed E-state index contributed by atoms with van der Waals surface area (Å²) in [5.74, 6) is 0.243. The van der Waals surface area contributed by atoms with E-state index in [-0.39, 0.29) is 5.91 Å². The number of amides is 1. The summed E-state index contributed by atoms with van der Waals surface area (Å²) in [4.78, 5) is 11.8. The van der Waals surface area contributed by atoms with Crippen LogP contribution in [0.25, 0.3) is 0 Å². The number of rotatable bonds is 4. The fourth-order valence-corrected chi connectivity index (χ4v) is 2.28. The number of ether oxygens (including phenoxy) is 1. The number of halogens is 1. The van der Waals surface area contributed by atoms with Crippen molar-refractivity contribution in [2.75, 3.05) is 7.11 Å². The molecule has 1 aromatic heterocycles. The highest BCUT2D eigenvalue weighted by atomic mass is 35.5. The Bertz CT molecular complexity index is 593. The molecule has 0 aliphatic rings. The fourth-order valence-electron chi connectivity index (χ4n) is 1.38. The van der Waals surface area contributed by atoms with Gasteiger partial charge in [0.05, 0.1) is 18.9 Å². The van der Waals surface area contributed by atoms with Crippen LogP contribution in [-0.2, 0) is 0 Å². The molecule has 1 amide bonds. The molecule has 0 bridgehead atoms. The molecule has 0 saturated carbocycles. The summed E-state index contributed by atoms with van der Waals surface area (Å²) in [6, 6.07) is 7.13. The molecule has 0 saturated heterocycles.